The van der Waals surface area contributed by atoms with Gasteiger partial charge in [-0.05, 0) is 24.3 Å². The molecular weight excluding hydrogens is 306 g/mol. The van der Waals surface area contributed by atoms with Crippen LogP contribution in [0.25, 0.3) is 11.0 Å². The number of nitrogen functional groups attached to an aromatic ring is 1. The lowest BCUT2D eigenvalue weighted by Crippen LogP contribution is -2.17. The molecule has 2 aromatic heterocycles. The van der Waals surface area contributed by atoms with E-state index in [1.54, 1.807) is 0 Å². The maximum atomic E-state index is 5.93. The summed E-state index contributed by atoms with van der Waals surface area (Å²) >= 11 is 0. The predicted molar refractivity (Wildman–Crippen MR) is 91.3 cm³/mol. The summed E-state index contributed by atoms with van der Waals surface area (Å²) in [5, 5.41) is 3.25. The molecule has 1 fully saturated rings. The van der Waals surface area contributed by atoms with Gasteiger partial charge in [-0.3, -0.25) is 0 Å². The molecule has 7 nitrogen and oxygen atoms in total. The van der Waals surface area contributed by atoms with E-state index in [9.17, 15) is 0 Å². The molecule has 0 saturated carbocycles. The SMILES string of the molecule is Nc1nc(OC2CCOC2)c2nc(Nc3ccccc3)ccc2n1. The van der Waals surface area contributed by atoms with Crippen LogP contribution in [0.15, 0.2) is 42.5 Å². The number of hydrogen-bond acceptors (Lipinski definition) is 7. The summed E-state index contributed by atoms with van der Waals surface area (Å²) in [5.41, 5.74) is 7.96. The smallest absolute Gasteiger partial charge is 0.245 e. The number of anilines is 3. The molecule has 0 bridgehead atoms. The van der Waals surface area contributed by atoms with Crippen LogP contribution in [0.2, 0.25) is 0 Å². The zero-order chi connectivity index (χ0) is 16.4. The van der Waals surface area contributed by atoms with E-state index in [0.29, 0.717) is 35.9 Å². The molecule has 1 atom stereocenters. The van der Waals surface area contributed by atoms with Crippen molar-refractivity contribution in [2.45, 2.75) is 12.5 Å². The Morgan fingerprint density at radius 3 is 2.75 bits per heavy atom. The summed E-state index contributed by atoms with van der Waals surface area (Å²) in [6.45, 7) is 1.24. The van der Waals surface area contributed by atoms with Crippen molar-refractivity contribution < 1.29 is 9.47 Å². The van der Waals surface area contributed by atoms with Crippen molar-refractivity contribution in [2.75, 3.05) is 24.3 Å². The molecule has 0 radical (unpaired) electrons. The Bertz CT molecular complexity index is 850. The first-order valence-electron chi connectivity index (χ1n) is 7.79. The van der Waals surface area contributed by atoms with E-state index in [2.05, 4.69) is 20.3 Å². The minimum Gasteiger partial charge on any atom is -0.470 e. The van der Waals surface area contributed by atoms with Gasteiger partial charge in [0.05, 0.1) is 18.7 Å². The van der Waals surface area contributed by atoms with Gasteiger partial charge in [-0.2, -0.15) is 4.98 Å². The molecule has 1 saturated heterocycles. The number of ether oxygens (including phenoxy) is 2. The van der Waals surface area contributed by atoms with Crippen molar-refractivity contribution in [1.29, 1.82) is 0 Å². The molecule has 3 aromatic rings. The molecule has 4 rings (SSSR count). The molecular formula is C17H17N5O2. The topological polar surface area (TPSA) is 95.2 Å². The van der Waals surface area contributed by atoms with Crippen LogP contribution in [0.4, 0.5) is 17.5 Å². The van der Waals surface area contributed by atoms with Gasteiger partial charge in [0.1, 0.15) is 11.9 Å². The van der Waals surface area contributed by atoms with Crippen molar-refractivity contribution in [3.05, 3.63) is 42.5 Å². The molecule has 7 heteroatoms. The van der Waals surface area contributed by atoms with Gasteiger partial charge < -0.3 is 20.5 Å². The van der Waals surface area contributed by atoms with Crippen LogP contribution in [0.5, 0.6) is 5.88 Å². The largest absolute Gasteiger partial charge is 0.470 e. The minimum absolute atomic E-state index is 0.0324. The molecule has 0 spiro atoms. The third-order valence-corrected chi connectivity index (χ3v) is 3.74. The van der Waals surface area contributed by atoms with E-state index in [0.717, 1.165) is 12.1 Å². The normalized spacial score (nSPS) is 17.1. The highest BCUT2D eigenvalue weighted by Crippen LogP contribution is 2.26. The highest BCUT2D eigenvalue weighted by Gasteiger charge is 2.20. The van der Waals surface area contributed by atoms with Gasteiger partial charge in [-0.25, -0.2) is 9.97 Å². The van der Waals surface area contributed by atoms with E-state index in [4.69, 9.17) is 15.2 Å². The average molecular weight is 323 g/mol. The first-order valence-corrected chi connectivity index (χ1v) is 7.79. The summed E-state index contributed by atoms with van der Waals surface area (Å²) in [4.78, 5) is 13.0. The van der Waals surface area contributed by atoms with Crippen molar-refractivity contribution in [3.8, 4) is 5.88 Å². The molecule has 1 unspecified atom stereocenters. The Kier molecular flexibility index (Phi) is 3.84. The fourth-order valence-corrected chi connectivity index (χ4v) is 2.59. The van der Waals surface area contributed by atoms with Crippen LogP contribution in [0, 0.1) is 0 Å². The number of hydrogen-bond donors (Lipinski definition) is 2. The molecule has 0 amide bonds. The van der Waals surface area contributed by atoms with Gasteiger partial charge in [0, 0.05) is 12.1 Å². The Balaban J connectivity index is 1.69. The van der Waals surface area contributed by atoms with Gasteiger partial charge in [-0.1, -0.05) is 18.2 Å². The second kappa shape index (κ2) is 6.29. The number of aromatic nitrogens is 3. The fraction of sp³-hybridized carbons (Fsp3) is 0.235. The van der Waals surface area contributed by atoms with E-state index < -0.39 is 0 Å². The minimum atomic E-state index is -0.0324. The summed E-state index contributed by atoms with van der Waals surface area (Å²) < 4.78 is 11.3. The van der Waals surface area contributed by atoms with Crippen molar-refractivity contribution >= 4 is 28.5 Å². The molecule has 3 N–H and O–H groups in total. The van der Waals surface area contributed by atoms with Gasteiger partial charge in [0.2, 0.25) is 11.8 Å². The summed E-state index contributed by atoms with van der Waals surface area (Å²) in [6, 6.07) is 13.5. The standard InChI is InChI=1S/C17H17N5O2/c18-17-20-13-6-7-14(19-11-4-2-1-3-5-11)21-15(13)16(22-17)24-12-8-9-23-10-12/h1-7,12H,8-10H2,(H,19,21)(H2,18,20,22). The first kappa shape index (κ1) is 14.6. The fourth-order valence-electron chi connectivity index (χ4n) is 2.59. The number of fused-ring (bicyclic) bond motifs is 1. The molecule has 24 heavy (non-hydrogen) atoms. The van der Waals surface area contributed by atoms with Gasteiger partial charge >= 0.3 is 0 Å². The average Bonchev–Trinajstić information content (AvgIpc) is 3.09. The molecule has 122 valence electrons. The lowest BCUT2D eigenvalue weighted by atomic mass is 10.3. The van der Waals surface area contributed by atoms with E-state index in [1.807, 2.05) is 42.5 Å². The third kappa shape index (κ3) is 3.07. The Morgan fingerprint density at radius 1 is 1.08 bits per heavy atom. The van der Waals surface area contributed by atoms with Crippen LogP contribution in [0.3, 0.4) is 0 Å². The number of nitrogens with one attached hydrogen (secondary N) is 1. The van der Waals surface area contributed by atoms with Crippen LogP contribution in [-0.4, -0.2) is 34.3 Å². The predicted octanol–water partition coefficient (Wildman–Crippen LogP) is 2.52. The number of nitrogens with two attached hydrogens (primary N) is 1. The van der Waals surface area contributed by atoms with Gasteiger partial charge in [-0.15, -0.1) is 0 Å². The van der Waals surface area contributed by atoms with Crippen LogP contribution in [0.1, 0.15) is 6.42 Å². The second-order valence-corrected chi connectivity index (χ2v) is 5.55. The summed E-state index contributed by atoms with van der Waals surface area (Å²) in [7, 11) is 0. The zero-order valence-electron chi connectivity index (χ0n) is 13.0. The first-order chi connectivity index (χ1) is 11.8. The Labute approximate surface area is 138 Å². The van der Waals surface area contributed by atoms with E-state index in [1.165, 1.54) is 0 Å². The third-order valence-electron chi connectivity index (χ3n) is 3.74. The van der Waals surface area contributed by atoms with Crippen LogP contribution in [-0.2, 0) is 4.74 Å². The van der Waals surface area contributed by atoms with Crippen molar-refractivity contribution in [3.63, 3.8) is 0 Å². The lowest BCUT2D eigenvalue weighted by Gasteiger charge is -2.13. The van der Waals surface area contributed by atoms with Crippen molar-refractivity contribution in [1.82, 2.24) is 15.0 Å². The quantitative estimate of drug-likeness (QED) is 0.761. The maximum Gasteiger partial charge on any atom is 0.245 e. The highest BCUT2D eigenvalue weighted by molar-refractivity contribution is 5.82. The van der Waals surface area contributed by atoms with Gasteiger partial charge in [0.25, 0.3) is 0 Å². The second-order valence-electron chi connectivity index (χ2n) is 5.55. The monoisotopic (exact) mass is 323 g/mol. The maximum absolute atomic E-state index is 5.93. The number of rotatable bonds is 4. The molecule has 1 aliphatic rings. The molecule has 3 heterocycles. The van der Waals surface area contributed by atoms with Crippen LogP contribution < -0.4 is 15.8 Å². The zero-order valence-corrected chi connectivity index (χ0v) is 13.0. The van der Waals surface area contributed by atoms with Crippen molar-refractivity contribution in [2.24, 2.45) is 0 Å². The van der Waals surface area contributed by atoms with E-state index >= 15 is 0 Å². The molecule has 0 aliphatic carbocycles. The number of para-hydroxylation sites is 1. The number of nitrogens with zero attached hydrogens (tertiary/aromatic N) is 3. The summed E-state index contributed by atoms with van der Waals surface area (Å²) in [6.07, 6.45) is 0.794. The highest BCUT2D eigenvalue weighted by atomic mass is 16.5. The van der Waals surface area contributed by atoms with Crippen LogP contribution >= 0.6 is 0 Å². The Hall–Kier alpha value is -2.93. The van der Waals surface area contributed by atoms with E-state index in [-0.39, 0.29) is 12.1 Å². The lowest BCUT2D eigenvalue weighted by molar-refractivity contribution is 0.139. The van der Waals surface area contributed by atoms with Gasteiger partial charge in [0.15, 0.2) is 5.52 Å². The Morgan fingerprint density at radius 2 is 1.96 bits per heavy atom. The molecule has 1 aromatic carbocycles. The summed E-state index contributed by atoms with van der Waals surface area (Å²) in [5.74, 6) is 1.25. The molecule has 1 aliphatic heterocycles. The number of pyridine rings is 1. The number of benzene rings is 1.